The normalized spacial score (nSPS) is 41.7. The van der Waals surface area contributed by atoms with Gasteiger partial charge in [-0.25, -0.2) is 0 Å². The highest BCUT2D eigenvalue weighted by molar-refractivity contribution is 5.74. The summed E-state index contributed by atoms with van der Waals surface area (Å²) >= 11 is 0. The predicted octanol–water partition coefficient (Wildman–Crippen LogP) is 2.43. The molecule has 1 aliphatic heterocycles. The molecule has 4 aliphatic rings. The molecule has 166 valence electrons. The molecule has 0 radical (unpaired) electrons. The molecular formula is C24H34O6. The zero-order valence-electron chi connectivity index (χ0n) is 18.1. The van der Waals surface area contributed by atoms with Gasteiger partial charge in [-0.15, -0.1) is 0 Å². The summed E-state index contributed by atoms with van der Waals surface area (Å²) in [5.74, 6) is 0.562. The Morgan fingerprint density at radius 2 is 1.97 bits per heavy atom. The lowest BCUT2D eigenvalue weighted by molar-refractivity contribution is -0.286. The lowest BCUT2D eigenvalue weighted by Crippen LogP contribution is -2.55. The largest absolute Gasteiger partial charge is 0.388 e. The van der Waals surface area contributed by atoms with Gasteiger partial charge in [0.2, 0.25) is 0 Å². The van der Waals surface area contributed by atoms with Crippen LogP contribution in [-0.4, -0.2) is 58.9 Å². The minimum atomic E-state index is -1.33. The third-order valence-corrected chi connectivity index (χ3v) is 7.54. The Balaban J connectivity index is 1.67. The first-order valence-electron chi connectivity index (χ1n) is 11.2. The molecule has 0 aromatic heterocycles. The van der Waals surface area contributed by atoms with Crippen LogP contribution in [-0.2, 0) is 14.3 Å². The van der Waals surface area contributed by atoms with Gasteiger partial charge in [-0.3, -0.25) is 4.79 Å². The molecule has 1 heterocycles. The molecule has 1 saturated carbocycles. The second-order valence-electron chi connectivity index (χ2n) is 9.87. The van der Waals surface area contributed by atoms with Crippen LogP contribution >= 0.6 is 0 Å². The standard InChI is InChI=1S/C24H34O6/c1-13(2)15-6-8-24(3)9-7-16-17(20(15)24)5-4-14(11-25)10-19(16)30-23-22(28)21(27)18(26)12-29-23/h4-5,11,13,16,18-19,21-23,26-28H,6-10,12H2,1-3H3/t16?,18-,19+,21+,22-,23+,24-/m1/s1. The van der Waals surface area contributed by atoms with Crippen molar-refractivity contribution in [2.24, 2.45) is 17.3 Å². The van der Waals surface area contributed by atoms with Gasteiger partial charge in [0.05, 0.1) is 12.7 Å². The van der Waals surface area contributed by atoms with E-state index in [4.69, 9.17) is 9.47 Å². The van der Waals surface area contributed by atoms with Gasteiger partial charge in [0, 0.05) is 12.3 Å². The van der Waals surface area contributed by atoms with E-state index in [1.165, 1.54) is 16.7 Å². The van der Waals surface area contributed by atoms with Crippen molar-refractivity contribution in [3.05, 3.63) is 34.4 Å². The number of aliphatic hydroxyl groups excluding tert-OH is 3. The highest BCUT2D eigenvalue weighted by atomic mass is 16.7. The van der Waals surface area contributed by atoms with Crippen LogP contribution in [0.5, 0.6) is 0 Å². The van der Waals surface area contributed by atoms with Gasteiger partial charge in [-0.2, -0.15) is 0 Å². The van der Waals surface area contributed by atoms with E-state index in [-0.39, 0.29) is 24.0 Å². The fraction of sp³-hybridized carbons (Fsp3) is 0.708. The van der Waals surface area contributed by atoms with Crippen LogP contribution in [0.1, 0.15) is 52.9 Å². The molecule has 0 aromatic rings. The summed E-state index contributed by atoms with van der Waals surface area (Å²) in [5, 5.41) is 30.1. The molecule has 0 aromatic carbocycles. The maximum atomic E-state index is 11.7. The lowest BCUT2D eigenvalue weighted by Gasteiger charge is -2.44. The average Bonchev–Trinajstić information content (AvgIpc) is 2.98. The third kappa shape index (κ3) is 3.73. The molecule has 3 N–H and O–H groups in total. The van der Waals surface area contributed by atoms with Gasteiger partial charge < -0.3 is 24.8 Å². The number of aldehydes is 1. The minimum absolute atomic E-state index is 0.0911. The lowest BCUT2D eigenvalue weighted by atomic mass is 9.64. The Morgan fingerprint density at radius 3 is 2.67 bits per heavy atom. The summed E-state index contributed by atoms with van der Waals surface area (Å²) in [6.45, 7) is 6.74. The first-order valence-corrected chi connectivity index (χ1v) is 11.2. The minimum Gasteiger partial charge on any atom is -0.388 e. The maximum Gasteiger partial charge on any atom is 0.186 e. The van der Waals surface area contributed by atoms with Crippen LogP contribution in [0.15, 0.2) is 34.4 Å². The molecule has 6 nitrogen and oxygen atoms in total. The molecule has 4 rings (SSSR count). The predicted molar refractivity (Wildman–Crippen MR) is 111 cm³/mol. The number of allylic oxidation sites excluding steroid dienone is 4. The second kappa shape index (κ2) is 8.32. The topological polar surface area (TPSA) is 96.2 Å². The second-order valence-corrected chi connectivity index (χ2v) is 9.87. The van der Waals surface area contributed by atoms with Gasteiger partial charge in [0.15, 0.2) is 6.29 Å². The fourth-order valence-electron chi connectivity index (χ4n) is 5.76. The van der Waals surface area contributed by atoms with Gasteiger partial charge in [-0.1, -0.05) is 38.5 Å². The Labute approximate surface area is 178 Å². The molecule has 2 fully saturated rings. The summed E-state index contributed by atoms with van der Waals surface area (Å²) in [7, 11) is 0. The van der Waals surface area contributed by atoms with Crippen molar-refractivity contribution < 1.29 is 29.6 Å². The summed E-state index contributed by atoms with van der Waals surface area (Å²) in [6.07, 6.45) is 4.42. The number of carbonyl (C=O) groups is 1. The molecular weight excluding hydrogens is 384 g/mol. The molecule has 1 unspecified atom stereocenters. The van der Waals surface area contributed by atoms with Gasteiger partial charge in [-0.05, 0) is 53.7 Å². The van der Waals surface area contributed by atoms with Crippen LogP contribution < -0.4 is 0 Å². The van der Waals surface area contributed by atoms with Crippen molar-refractivity contribution in [2.75, 3.05) is 6.61 Å². The van der Waals surface area contributed by atoms with Crippen molar-refractivity contribution >= 4 is 6.29 Å². The van der Waals surface area contributed by atoms with E-state index in [1.54, 1.807) is 0 Å². The zero-order chi connectivity index (χ0) is 21.6. The van der Waals surface area contributed by atoms with E-state index in [0.717, 1.165) is 32.0 Å². The van der Waals surface area contributed by atoms with E-state index in [9.17, 15) is 20.1 Å². The fourth-order valence-corrected chi connectivity index (χ4v) is 5.76. The first-order chi connectivity index (χ1) is 14.2. The maximum absolute atomic E-state index is 11.7. The smallest absolute Gasteiger partial charge is 0.186 e. The van der Waals surface area contributed by atoms with Crippen LogP contribution in [0.25, 0.3) is 0 Å². The summed E-state index contributed by atoms with van der Waals surface area (Å²) in [6, 6.07) is 0. The van der Waals surface area contributed by atoms with E-state index >= 15 is 0 Å². The zero-order valence-corrected chi connectivity index (χ0v) is 18.1. The van der Waals surface area contributed by atoms with E-state index in [0.29, 0.717) is 17.9 Å². The number of fused-ring (bicyclic) bond motifs is 3. The number of hydrogen-bond acceptors (Lipinski definition) is 6. The Morgan fingerprint density at radius 1 is 1.20 bits per heavy atom. The average molecular weight is 419 g/mol. The monoisotopic (exact) mass is 418 g/mol. The number of aliphatic hydroxyl groups is 3. The number of ether oxygens (including phenoxy) is 2. The van der Waals surface area contributed by atoms with Gasteiger partial charge in [0.1, 0.15) is 24.6 Å². The number of carbonyl (C=O) groups excluding carboxylic acids is 1. The molecule has 0 amide bonds. The first kappa shape index (κ1) is 21.9. The Kier molecular flexibility index (Phi) is 6.08. The van der Waals surface area contributed by atoms with Gasteiger partial charge >= 0.3 is 0 Å². The van der Waals surface area contributed by atoms with Crippen molar-refractivity contribution in [1.29, 1.82) is 0 Å². The summed E-state index contributed by atoms with van der Waals surface area (Å²) < 4.78 is 11.7. The summed E-state index contributed by atoms with van der Waals surface area (Å²) in [4.78, 5) is 11.7. The van der Waals surface area contributed by atoms with Crippen molar-refractivity contribution in [3.63, 3.8) is 0 Å². The van der Waals surface area contributed by atoms with Crippen molar-refractivity contribution in [1.82, 2.24) is 0 Å². The van der Waals surface area contributed by atoms with Crippen LogP contribution in [0.3, 0.4) is 0 Å². The molecule has 0 spiro atoms. The molecule has 30 heavy (non-hydrogen) atoms. The SMILES string of the molecule is CC(C)C1=C2C3=CC=C(C=O)C[C@H](O[C@@H]4OC[C@@H](O)[C@H](O)[C@H]4O)C3CC[C@@]2(C)CC1. The number of hydrogen-bond donors (Lipinski definition) is 3. The molecule has 3 aliphatic carbocycles. The molecule has 0 bridgehead atoms. The number of rotatable bonds is 4. The Hall–Kier alpha value is -1.31. The molecule has 1 saturated heterocycles. The van der Waals surface area contributed by atoms with E-state index < -0.39 is 24.6 Å². The van der Waals surface area contributed by atoms with Crippen molar-refractivity contribution in [2.45, 2.75) is 83.6 Å². The summed E-state index contributed by atoms with van der Waals surface area (Å²) in [5.41, 5.74) is 5.00. The third-order valence-electron chi connectivity index (χ3n) is 7.54. The molecule has 7 atom stereocenters. The Bertz CT molecular complexity index is 781. The molecule has 6 heteroatoms. The van der Waals surface area contributed by atoms with Crippen LogP contribution in [0, 0.1) is 17.3 Å². The van der Waals surface area contributed by atoms with E-state index in [2.05, 4.69) is 26.8 Å². The highest BCUT2D eigenvalue weighted by Crippen LogP contribution is 2.58. The van der Waals surface area contributed by atoms with Crippen molar-refractivity contribution in [3.8, 4) is 0 Å². The quantitative estimate of drug-likeness (QED) is 0.607. The van der Waals surface area contributed by atoms with Crippen LogP contribution in [0.2, 0.25) is 0 Å². The van der Waals surface area contributed by atoms with E-state index in [1.807, 2.05) is 6.08 Å². The highest BCUT2D eigenvalue weighted by Gasteiger charge is 2.48. The van der Waals surface area contributed by atoms with Crippen LogP contribution in [0.4, 0.5) is 0 Å². The van der Waals surface area contributed by atoms with Gasteiger partial charge in [0.25, 0.3) is 0 Å².